The second kappa shape index (κ2) is 4.32. The maximum atomic E-state index is 10.5. The summed E-state index contributed by atoms with van der Waals surface area (Å²) in [6.45, 7) is 2.14. The molecule has 0 saturated heterocycles. The molecule has 8 nitrogen and oxygen atoms in total. The predicted molar refractivity (Wildman–Crippen MR) is 57.0 cm³/mol. The van der Waals surface area contributed by atoms with Crippen molar-refractivity contribution in [2.75, 3.05) is 0 Å². The minimum absolute atomic E-state index is 0.0165. The van der Waals surface area contributed by atoms with E-state index in [0.717, 1.165) is 11.3 Å². The summed E-state index contributed by atoms with van der Waals surface area (Å²) >= 11 is 0. The number of aromatic nitrogens is 6. The lowest BCUT2D eigenvalue weighted by Crippen LogP contribution is -2.08. The topological polar surface area (TPSA) is 98.7 Å². The summed E-state index contributed by atoms with van der Waals surface area (Å²) in [5.74, 6) is -0.341. The first kappa shape index (κ1) is 11.2. The van der Waals surface area contributed by atoms with E-state index in [4.69, 9.17) is 5.11 Å². The Morgan fingerprint density at radius 3 is 2.88 bits per heavy atom. The smallest absolute Gasteiger partial charge is 0.305 e. The van der Waals surface area contributed by atoms with Crippen LogP contribution in [0.3, 0.4) is 0 Å². The highest BCUT2D eigenvalue weighted by molar-refractivity contribution is 5.66. The van der Waals surface area contributed by atoms with Crippen molar-refractivity contribution in [3.05, 3.63) is 11.9 Å². The van der Waals surface area contributed by atoms with Gasteiger partial charge in [-0.15, -0.1) is 5.10 Å². The first-order valence-corrected chi connectivity index (χ1v) is 5.06. The van der Waals surface area contributed by atoms with Gasteiger partial charge in [0.05, 0.1) is 24.7 Å². The molecule has 2 aromatic rings. The average Bonchev–Trinajstić information content (AvgIpc) is 2.85. The Hall–Kier alpha value is -2.25. The molecule has 0 fully saturated rings. The number of aryl methyl sites for hydroxylation is 2. The molecule has 0 atom stereocenters. The van der Waals surface area contributed by atoms with Crippen LogP contribution in [0.2, 0.25) is 0 Å². The van der Waals surface area contributed by atoms with Crippen LogP contribution in [0, 0.1) is 6.92 Å². The highest BCUT2D eigenvalue weighted by Gasteiger charge is 2.14. The Kier molecular flexibility index (Phi) is 2.86. The monoisotopic (exact) mass is 236 g/mol. The number of nitrogens with zero attached hydrogens (tertiary/aromatic N) is 6. The van der Waals surface area contributed by atoms with Gasteiger partial charge in [-0.3, -0.25) is 9.48 Å². The minimum Gasteiger partial charge on any atom is -0.481 e. The molecular weight excluding hydrogens is 224 g/mol. The number of hydrogen-bond acceptors (Lipinski definition) is 5. The van der Waals surface area contributed by atoms with Gasteiger partial charge in [0.1, 0.15) is 0 Å². The van der Waals surface area contributed by atoms with Gasteiger partial charge in [0.25, 0.3) is 0 Å². The summed E-state index contributed by atoms with van der Waals surface area (Å²) in [5, 5.41) is 24.0. The highest BCUT2D eigenvalue weighted by Crippen LogP contribution is 2.19. The fraction of sp³-hybridized carbons (Fsp3) is 0.444. The Bertz CT molecular complexity index is 543. The quantitative estimate of drug-likeness (QED) is 0.793. The number of hydrogen-bond donors (Lipinski definition) is 1. The Balaban J connectivity index is 2.30. The SMILES string of the molecule is Cc1c(-c2nnnn2CCC(=O)O)cnn1C. The number of tetrazole rings is 1. The second-order valence-corrected chi connectivity index (χ2v) is 3.64. The molecule has 17 heavy (non-hydrogen) atoms. The van der Waals surface area contributed by atoms with Crippen LogP contribution in [-0.2, 0) is 18.4 Å². The van der Waals surface area contributed by atoms with Crippen molar-refractivity contribution in [1.29, 1.82) is 0 Å². The number of carboxylic acids is 1. The van der Waals surface area contributed by atoms with E-state index in [-0.39, 0.29) is 13.0 Å². The molecular formula is C9H12N6O2. The van der Waals surface area contributed by atoms with Crippen molar-refractivity contribution < 1.29 is 9.90 Å². The van der Waals surface area contributed by atoms with Gasteiger partial charge in [-0.05, 0) is 17.4 Å². The molecule has 2 aromatic heterocycles. The lowest BCUT2D eigenvalue weighted by Gasteiger charge is -2.02. The molecule has 0 aliphatic rings. The molecule has 8 heteroatoms. The molecule has 0 aromatic carbocycles. The van der Waals surface area contributed by atoms with E-state index in [1.165, 1.54) is 4.68 Å². The fourth-order valence-corrected chi connectivity index (χ4v) is 1.47. The van der Waals surface area contributed by atoms with Crippen LogP contribution < -0.4 is 0 Å². The van der Waals surface area contributed by atoms with E-state index >= 15 is 0 Å². The van der Waals surface area contributed by atoms with Crippen LogP contribution in [0.15, 0.2) is 6.20 Å². The molecule has 90 valence electrons. The average molecular weight is 236 g/mol. The van der Waals surface area contributed by atoms with Crippen molar-refractivity contribution >= 4 is 5.97 Å². The van der Waals surface area contributed by atoms with Gasteiger partial charge in [-0.2, -0.15) is 5.10 Å². The maximum absolute atomic E-state index is 10.5. The van der Waals surface area contributed by atoms with Crippen LogP contribution in [0.4, 0.5) is 0 Å². The molecule has 0 saturated carbocycles. The van der Waals surface area contributed by atoms with E-state index in [0.29, 0.717) is 5.82 Å². The van der Waals surface area contributed by atoms with Crippen LogP contribution in [-0.4, -0.2) is 41.1 Å². The van der Waals surface area contributed by atoms with Gasteiger partial charge < -0.3 is 5.11 Å². The van der Waals surface area contributed by atoms with E-state index in [1.54, 1.807) is 10.9 Å². The van der Waals surface area contributed by atoms with Gasteiger partial charge >= 0.3 is 5.97 Å². The normalized spacial score (nSPS) is 10.7. The van der Waals surface area contributed by atoms with Crippen LogP contribution in [0.5, 0.6) is 0 Å². The van der Waals surface area contributed by atoms with Crippen LogP contribution >= 0.6 is 0 Å². The first-order chi connectivity index (χ1) is 8.09. The third-order valence-corrected chi connectivity index (χ3v) is 2.55. The van der Waals surface area contributed by atoms with Crippen LogP contribution in [0.25, 0.3) is 11.4 Å². The molecule has 1 N–H and O–H groups in total. The number of carboxylic acid groups (broad SMARTS) is 1. The second-order valence-electron chi connectivity index (χ2n) is 3.64. The van der Waals surface area contributed by atoms with E-state index in [2.05, 4.69) is 20.6 Å². The first-order valence-electron chi connectivity index (χ1n) is 5.06. The molecule has 0 bridgehead atoms. The number of aliphatic carboxylic acids is 1. The lowest BCUT2D eigenvalue weighted by molar-refractivity contribution is -0.137. The molecule has 2 rings (SSSR count). The third-order valence-electron chi connectivity index (χ3n) is 2.55. The molecule has 0 amide bonds. The third kappa shape index (κ3) is 2.14. The van der Waals surface area contributed by atoms with E-state index < -0.39 is 5.97 Å². The maximum Gasteiger partial charge on any atom is 0.305 e. The zero-order chi connectivity index (χ0) is 12.4. The summed E-state index contributed by atoms with van der Waals surface area (Å²) in [7, 11) is 1.82. The summed E-state index contributed by atoms with van der Waals surface area (Å²) in [5.41, 5.74) is 1.74. The number of carbonyl (C=O) groups is 1. The molecule has 0 radical (unpaired) electrons. The van der Waals surface area contributed by atoms with Gasteiger partial charge in [0.2, 0.25) is 0 Å². The van der Waals surface area contributed by atoms with Crippen molar-refractivity contribution in [3.8, 4) is 11.4 Å². The fourth-order valence-electron chi connectivity index (χ4n) is 1.47. The summed E-state index contributed by atoms with van der Waals surface area (Å²) in [6, 6.07) is 0. The lowest BCUT2D eigenvalue weighted by atomic mass is 10.2. The van der Waals surface area contributed by atoms with E-state index in [1.807, 2.05) is 14.0 Å². The molecule has 0 aliphatic heterocycles. The minimum atomic E-state index is -0.880. The highest BCUT2D eigenvalue weighted by atomic mass is 16.4. The number of rotatable bonds is 4. The molecule has 0 aliphatic carbocycles. The standard InChI is InChI=1S/C9H12N6O2/c1-6-7(5-10-14(6)2)9-11-12-13-15(9)4-3-8(16)17/h5H,3-4H2,1-2H3,(H,16,17). The zero-order valence-corrected chi connectivity index (χ0v) is 9.53. The van der Waals surface area contributed by atoms with Gasteiger partial charge in [0.15, 0.2) is 5.82 Å². The van der Waals surface area contributed by atoms with E-state index in [9.17, 15) is 4.79 Å². The molecule has 0 unspecified atom stereocenters. The van der Waals surface area contributed by atoms with Crippen molar-refractivity contribution in [2.24, 2.45) is 7.05 Å². The molecule has 2 heterocycles. The Morgan fingerprint density at radius 1 is 1.53 bits per heavy atom. The van der Waals surface area contributed by atoms with Gasteiger partial charge in [-0.1, -0.05) is 0 Å². The largest absolute Gasteiger partial charge is 0.481 e. The summed E-state index contributed by atoms with van der Waals surface area (Å²) in [6.07, 6.45) is 1.65. The van der Waals surface area contributed by atoms with Gasteiger partial charge in [-0.25, -0.2) is 4.68 Å². The Morgan fingerprint density at radius 2 is 2.29 bits per heavy atom. The van der Waals surface area contributed by atoms with Crippen molar-refractivity contribution in [3.63, 3.8) is 0 Å². The zero-order valence-electron chi connectivity index (χ0n) is 9.53. The Labute approximate surface area is 96.9 Å². The molecule has 0 spiro atoms. The van der Waals surface area contributed by atoms with Gasteiger partial charge in [0, 0.05) is 12.7 Å². The van der Waals surface area contributed by atoms with Crippen molar-refractivity contribution in [1.82, 2.24) is 30.0 Å². The van der Waals surface area contributed by atoms with Crippen molar-refractivity contribution in [2.45, 2.75) is 19.9 Å². The van der Waals surface area contributed by atoms with Crippen LogP contribution in [0.1, 0.15) is 12.1 Å². The summed E-state index contributed by atoms with van der Waals surface area (Å²) < 4.78 is 3.18. The predicted octanol–water partition coefficient (Wildman–Crippen LogP) is -0.143. The summed E-state index contributed by atoms with van der Waals surface area (Å²) in [4.78, 5) is 10.5.